The Bertz CT molecular complexity index is 408. The molecular weight excluding hydrogens is 201 g/mol. The molecular formula is C10H10FNO3. The van der Waals surface area contributed by atoms with Crippen LogP contribution >= 0.6 is 0 Å². The lowest BCUT2D eigenvalue weighted by molar-refractivity contribution is -0.139. The third-order valence-electron chi connectivity index (χ3n) is 2.45. The summed E-state index contributed by atoms with van der Waals surface area (Å²) in [5, 5.41) is 8.88. The van der Waals surface area contributed by atoms with Gasteiger partial charge < -0.3 is 14.7 Å². The predicted octanol–water partition coefficient (Wildman–Crippen LogP) is 1.11. The molecule has 1 aliphatic heterocycles. The maximum atomic E-state index is 13.4. The summed E-state index contributed by atoms with van der Waals surface area (Å²) in [5.41, 5.74) is 0.205. The Kier molecular flexibility index (Phi) is 2.22. The van der Waals surface area contributed by atoms with Crippen LogP contribution in [0.3, 0.4) is 0 Å². The quantitative estimate of drug-likeness (QED) is 0.755. The van der Waals surface area contributed by atoms with Crippen molar-refractivity contribution in [3.63, 3.8) is 0 Å². The number of hydrogen-bond donors (Lipinski definition) is 1. The maximum absolute atomic E-state index is 13.4. The van der Waals surface area contributed by atoms with E-state index in [1.807, 2.05) is 0 Å². The first-order valence-corrected chi connectivity index (χ1v) is 4.48. The number of para-hydroxylation sites is 1. The van der Waals surface area contributed by atoms with Crippen LogP contribution in [-0.2, 0) is 4.79 Å². The second-order valence-electron chi connectivity index (χ2n) is 3.36. The van der Waals surface area contributed by atoms with Gasteiger partial charge in [0.1, 0.15) is 23.9 Å². The topological polar surface area (TPSA) is 49.8 Å². The molecule has 2 rings (SSSR count). The first-order valence-electron chi connectivity index (χ1n) is 4.48. The number of halogens is 1. The number of nitrogens with zero attached hydrogens (tertiary/aromatic N) is 1. The number of anilines is 1. The summed E-state index contributed by atoms with van der Waals surface area (Å²) >= 11 is 0. The van der Waals surface area contributed by atoms with Crippen LogP contribution in [0.5, 0.6) is 5.75 Å². The van der Waals surface area contributed by atoms with Gasteiger partial charge in [0.15, 0.2) is 6.04 Å². The van der Waals surface area contributed by atoms with E-state index in [1.54, 1.807) is 13.1 Å². The number of rotatable bonds is 1. The molecule has 0 saturated carbocycles. The third kappa shape index (κ3) is 1.49. The lowest BCUT2D eigenvalue weighted by atomic mass is 10.1. The fraction of sp³-hybridized carbons (Fsp3) is 0.300. The molecule has 0 aromatic heterocycles. The average Bonchev–Trinajstić information content (AvgIpc) is 2.17. The van der Waals surface area contributed by atoms with Gasteiger partial charge in [-0.3, -0.25) is 0 Å². The highest BCUT2D eigenvalue weighted by molar-refractivity contribution is 5.80. The molecule has 0 spiro atoms. The first kappa shape index (κ1) is 9.76. The van der Waals surface area contributed by atoms with E-state index in [0.717, 1.165) is 0 Å². The van der Waals surface area contributed by atoms with Crippen molar-refractivity contribution in [1.29, 1.82) is 0 Å². The molecule has 0 saturated heterocycles. The van der Waals surface area contributed by atoms with Crippen LogP contribution in [-0.4, -0.2) is 30.8 Å². The van der Waals surface area contributed by atoms with Crippen molar-refractivity contribution >= 4 is 11.7 Å². The van der Waals surface area contributed by atoms with Gasteiger partial charge in [0.25, 0.3) is 0 Å². The number of fused-ring (bicyclic) bond motifs is 1. The summed E-state index contributed by atoms with van der Waals surface area (Å²) in [7, 11) is 1.54. The lowest BCUT2D eigenvalue weighted by Crippen LogP contribution is -2.46. The number of benzene rings is 1. The van der Waals surface area contributed by atoms with E-state index in [1.165, 1.54) is 17.0 Å². The fourth-order valence-corrected chi connectivity index (χ4v) is 1.63. The second-order valence-corrected chi connectivity index (χ2v) is 3.36. The number of hydrogen-bond acceptors (Lipinski definition) is 3. The van der Waals surface area contributed by atoms with Crippen LogP contribution in [0.2, 0.25) is 0 Å². The van der Waals surface area contributed by atoms with Gasteiger partial charge in [-0.2, -0.15) is 0 Å². The van der Waals surface area contributed by atoms with Crippen LogP contribution < -0.4 is 9.64 Å². The summed E-state index contributed by atoms with van der Waals surface area (Å²) in [6.07, 6.45) is 0. The van der Waals surface area contributed by atoms with Crippen LogP contribution in [0.25, 0.3) is 0 Å². The van der Waals surface area contributed by atoms with Gasteiger partial charge in [-0.05, 0) is 12.1 Å². The molecule has 80 valence electrons. The van der Waals surface area contributed by atoms with E-state index in [9.17, 15) is 9.18 Å². The van der Waals surface area contributed by atoms with Crippen molar-refractivity contribution in [2.45, 2.75) is 6.04 Å². The van der Waals surface area contributed by atoms with E-state index < -0.39 is 17.8 Å². The summed E-state index contributed by atoms with van der Waals surface area (Å²) in [6.45, 7) is 0.0300. The molecule has 1 atom stereocenters. The largest absolute Gasteiger partial charge is 0.489 e. The molecule has 1 aromatic rings. The Hall–Kier alpha value is -1.78. The molecule has 0 fully saturated rings. The highest BCUT2D eigenvalue weighted by Crippen LogP contribution is 2.34. The van der Waals surface area contributed by atoms with Gasteiger partial charge >= 0.3 is 5.97 Å². The van der Waals surface area contributed by atoms with Crippen molar-refractivity contribution in [1.82, 2.24) is 0 Å². The Morgan fingerprint density at radius 1 is 1.67 bits per heavy atom. The molecule has 1 aromatic carbocycles. The molecule has 1 aliphatic rings. The van der Waals surface area contributed by atoms with Crippen molar-refractivity contribution in [2.75, 3.05) is 18.6 Å². The lowest BCUT2D eigenvalue weighted by Gasteiger charge is -2.33. The van der Waals surface area contributed by atoms with Crippen LogP contribution in [0, 0.1) is 5.82 Å². The summed E-state index contributed by atoms with van der Waals surface area (Å²) < 4.78 is 18.6. The Balaban J connectivity index is 2.45. The number of carbonyl (C=O) groups is 1. The van der Waals surface area contributed by atoms with E-state index in [4.69, 9.17) is 9.84 Å². The van der Waals surface area contributed by atoms with E-state index >= 15 is 0 Å². The molecule has 0 radical (unpaired) electrons. The molecule has 1 N–H and O–H groups in total. The van der Waals surface area contributed by atoms with Crippen molar-refractivity contribution in [3.05, 3.63) is 24.0 Å². The molecule has 15 heavy (non-hydrogen) atoms. The van der Waals surface area contributed by atoms with E-state index in [-0.39, 0.29) is 12.3 Å². The van der Waals surface area contributed by atoms with Gasteiger partial charge in [0, 0.05) is 7.05 Å². The Labute approximate surface area is 85.9 Å². The molecule has 0 amide bonds. The van der Waals surface area contributed by atoms with Gasteiger partial charge in [-0.1, -0.05) is 6.07 Å². The van der Waals surface area contributed by atoms with Gasteiger partial charge in [-0.25, -0.2) is 9.18 Å². The van der Waals surface area contributed by atoms with E-state index in [2.05, 4.69) is 0 Å². The third-order valence-corrected chi connectivity index (χ3v) is 2.45. The molecule has 0 aliphatic carbocycles. The highest BCUT2D eigenvalue weighted by atomic mass is 19.1. The average molecular weight is 211 g/mol. The predicted molar refractivity (Wildman–Crippen MR) is 51.7 cm³/mol. The van der Waals surface area contributed by atoms with Crippen molar-refractivity contribution < 1.29 is 19.0 Å². The number of aliphatic carboxylic acids is 1. The summed E-state index contributed by atoms with van der Waals surface area (Å²) in [6, 6.07) is 3.59. The molecule has 5 heteroatoms. The standard InChI is InChI=1S/C10H10FNO3/c1-12-7(10(13)14)5-15-8-4-2-3-6(11)9(8)12/h2-4,7H,5H2,1H3,(H,13,14). The summed E-state index contributed by atoms with van der Waals surface area (Å²) in [4.78, 5) is 12.2. The van der Waals surface area contributed by atoms with Gasteiger partial charge in [0.2, 0.25) is 0 Å². The van der Waals surface area contributed by atoms with Crippen molar-refractivity contribution in [3.8, 4) is 5.75 Å². The minimum absolute atomic E-state index is 0.0300. The number of carboxylic acids is 1. The Morgan fingerprint density at radius 3 is 3.07 bits per heavy atom. The first-order chi connectivity index (χ1) is 7.11. The SMILES string of the molecule is CN1c2c(F)cccc2OCC1C(=O)O. The maximum Gasteiger partial charge on any atom is 0.329 e. The normalized spacial score (nSPS) is 19.3. The molecule has 1 heterocycles. The minimum Gasteiger partial charge on any atom is -0.489 e. The zero-order valence-corrected chi connectivity index (χ0v) is 8.11. The zero-order chi connectivity index (χ0) is 11.0. The fourth-order valence-electron chi connectivity index (χ4n) is 1.63. The monoisotopic (exact) mass is 211 g/mol. The zero-order valence-electron chi connectivity index (χ0n) is 8.11. The van der Waals surface area contributed by atoms with Crippen molar-refractivity contribution in [2.24, 2.45) is 0 Å². The smallest absolute Gasteiger partial charge is 0.329 e. The Morgan fingerprint density at radius 2 is 2.40 bits per heavy atom. The number of carboxylic acid groups (broad SMARTS) is 1. The molecule has 4 nitrogen and oxygen atoms in total. The van der Waals surface area contributed by atoms with Crippen LogP contribution in [0.1, 0.15) is 0 Å². The minimum atomic E-state index is -1.02. The van der Waals surface area contributed by atoms with E-state index in [0.29, 0.717) is 5.75 Å². The number of ether oxygens (including phenoxy) is 1. The molecule has 0 bridgehead atoms. The molecule has 1 unspecified atom stereocenters. The summed E-state index contributed by atoms with van der Waals surface area (Å²) in [5.74, 6) is -1.11. The number of likely N-dealkylation sites (N-methyl/N-ethyl adjacent to an activating group) is 1. The van der Waals surface area contributed by atoms with Gasteiger partial charge in [0.05, 0.1) is 0 Å². The second kappa shape index (κ2) is 3.42. The highest BCUT2D eigenvalue weighted by Gasteiger charge is 2.32. The van der Waals surface area contributed by atoms with Crippen LogP contribution in [0.4, 0.5) is 10.1 Å². The van der Waals surface area contributed by atoms with Crippen LogP contribution in [0.15, 0.2) is 18.2 Å². The van der Waals surface area contributed by atoms with Gasteiger partial charge in [-0.15, -0.1) is 0 Å².